The Morgan fingerprint density at radius 2 is 1.79 bits per heavy atom. The molecule has 6 aliphatic rings. The fourth-order valence-electron chi connectivity index (χ4n) is 9.45. The average Bonchev–Trinajstić information content (AvgIpc) is 4.19. The van der Waals surface area contributed by atoms with Crippen molar-refractivity contribution in [2.45, 2.75) is 146 Å². The molecule has 1 aromatic carbocycles. The zero-order valence-electron chi connectivity index (χ0n) is 36.7. The van der Waals surface area contributed by atoms with Gasteiger partial charge in [0.05, 0.1) is 22.4 Å². The molecule has 15 nitrogen and oxygen atoms in total. The van der Waals surface area contributed by atoms with Gasteiger partial charge in [-0.05, 0) is 101 Å². The van der Waals surface area contributed by atoms with Gasteiger partial charge >= 0.3 is 6.09 Å². The Hall–Kier alpha value is -4.44. The second-order valence-corrected chi connectivity index (χ2v) is 22.0. The number of piperidine rings is 1. The molecule has 2 bridgehead atoms. The molecule has 3 aliphatic carbocycles. The van der Waals surface area contributed by atoms with Gasteiger partial charge in [-0.3, -0.25) is 24.0 Å². The number of nitrogens with one attached hydrogen (secondary N) is 3. The number of aromatic nitrogens is 1. The van der Waals surface area contributed by atoms with Gasteiger partial charge in [-0.25, -0.2) is 18.2 Å². The summed E-state index contributed by atoms with van der Waals surface area (Å²) < 4.78 is 46.9. The number of ether oxygens (including phenoxy) is 3. The molecule has 16 heteroatoms. The number of fused-ring (bicyclic) bond motifs is 5. The Labute approximate surface area is 365 Å². The maximum Gasteiger partial charge on any atom is 0.408 e. The van der Waals surface area contributed by atoms with Gasteiger partial charge in [0.25, 0.3) is 5.91 Å². The number of carbonyl (C=O) groups excluding carboxylic acids is 4. The van der Waals surface area contributed by atoms with Gasteiger partial charge in [0.15, 0.2) is 0 Å². The zero-order valence-corrected chi connectivity index (χ0v) is 37.5. The van der Waals surface area contributed by atoms with Gasteiger partial charge in [-0.15, -0.1) is 6.58 Å². The molecule has 0 radical (unpaired) electrons. The highest BCUT2D eigenvalue weighted by molar-refractivity contribution is 7.91. The van der Waals surface area contributed by atoms with Crippen LogP contribution in [-0.4, -0.2) is 114 Å². The number of alkyl carbamates (subject to hydrolysis) is 1. The highest BCUT2D eigenvalue weighted by atomic mass is 32.2. The van der Waals surface area contributed by atoms with Crippen LogP contribution in [0.4, 0.5) is 4.79 Å². The summed E-state index contributed by atoms with van der Waals surface area (Å²) in [5, 5.41) is 6.60. The lowest BCUT2D eigenvalue weighted by atomic mass is 9.85. The molecule has 1 aromatic heterocycles. The molecule has 7 atom stereocenters. The van der Waals surface area contributed by atoms with E-state index in [1.54, 1.807) is 6.92 Å². The molecular weight excluding hydrogens is 813 g/mol. The first kappa shape index (κ1) is 44.2. The fourth-order valence-corrected chi connectivity index (χ4v) is 10.8. The normalized spacial score (nSPS) is 30.2. The van der Waals surface area contributed by atoms with Crippen molar-refractivity contribution in [3.8, 4) is 11.6 Å². The van der Waals surface area contributed by atoms with Crippen LogP contribution in [0, 0.1) is 17.3 Å². The molecule has 0 unspecified atom stereocenters. The lowest BCUT2D eigenvalue weighted by Gasteiger charge is -2.35. The summed E-state index contributed by atoms with van der Waals surface area (Å²) in [5.41, 5.74) is -0.831. The summed E-state index contributed by atoms with van der Waals surface area (Å²) in [7, 11) is -4.01. The Kier molecular flexibility index (Phi) is 12.3. The molecule has 0 spiro atoms. The van der Waals surface area contributed by atoms with Gasteiger partial charge in [0.2, 0.25) is 27.7 Å². The molecule has 5 fully saturated rings. The fraction of sp³-hybridized carbons (Fsp3) is 0.674. The Balaban J connectivity index is 1.12. The monoisotopic (exact) mass is 876 g/mol. The van der Waals surface area contributed by atoms with Gasteiger partial charge in [-0.1, -0.05) is 58.2 Å². The van der Waals surface area contributed by atoms with Crippen molar-refractivity contribution in [2.75, 3.05) is 32.8 Å². The average molecular weight is 877 g/mol. The van der Waals surface area contributed by atoms with Crippen molar-refractivity contribution in [3.05, 3.63) is 42.5 Å². The summed E-state index contributed by atoms with van der Waals surface area (Å²) in [6, 6.07) is 5.60. The van der Waals surface area contributed by atoms with E-state index in [2.05, 4.69) is 26.8 Å². The molecule has 8 rings (SSSR count). The zero-order chi connectivity index (χ0) is 44.0. The topological polar surface area (TPSA) is 186 Å². The Bertz CT molecular complexity index is 2180. The van der Waals surface area contributed by atoms with Gasteiger partial charge in [-0.2, -0.15) is 0 Å². The van der Waals surface area contributed by atoms with Gasteiger partial charge in [0.1, 0.15) is 42.2 Å². The van der Waals surface area contributed by atoms with Gasteiger partial charge < -0.3 is 29.7 Å². The number of benzene rings is 1. The van der Waals surface area contributed by atoms with Crippen molar-refractivity contribution in [1.82, 2.24) is 30.1 Å². The van der Waals surface area contributed by atoms with E-state index in [-0.39, 0.29) is 31.4 Å². The standard InChI is InChI=1S/C46H64N6O9S/c1-6-30-27-46(30,42(55)50-62(57,58)45(5)19-20-45)49-39(53)35-26-31-28-52(35)41(54)38(44(2,3)4)48-43(56)61-36-25-29(36)15-9-7-10-17-33-37(59-24-23-51-21-13-8-14-22-51)32-16-11-12-18-34(32)47-40(33)60-31/h6,11-12,16,18,29-31,35-36,38H,1,7-10,13-15,17,19-28H2,2-5H3,(H,48,56)(H,49,53)(H,50,55)/t29-,30-,31-,35+,36-,38-,46-/m1/s1. The first-order valence-corrected chi connectivity index (χ1v) is 24.2. The minimum Gasteiger partial charge on any atom is -0.491 e. The third-order valence-electron chi connectivity index (χ3n) is 14.0. The summed E-state index contributed by atoms with van der Waals surface area (Å²) >= 11 is 0. The van der Waals surface area contributed by atoms with Crippen LogP contribution in [0.25, 0.3) is 10.9 Å². The molecule has 338 valence electrons. The maximum atomic E-state index is 14.9. The summed E-state index contributed by atoms with van der Waals surface area (Å²) in [4.78, 5) is 65.6. The van der Waals surface area contributed by atoms with Crippen LogP contribution in [-0.2, 0) is 35.6 Å². The number of hydrogen-bond donors (Lipinski definition) is 3. The number of sulfonamides is 1. The van der Waals surface area contributed by atoms with E-state index in [0.717, 1.165) is 68.4 Å². The third kappa shape index (κ3) is 9.27. The predicted octanol–water partition coefficient (Wildman–Crippen LogP) is 5.15. The molecule has 62 heavy (non-hydrogen) atoms. The number of para-hydroxylation sites is 1. The number of pyridine rings is 1. The van der Waals surface area contributed by atoms with E-state index in [1.165, 1.54) is 30.2 Å². The second-order valence-electron chi connectivity index (χ2n) is 19.8. The molecule has 4 heterocycles. The molecule has 3 N–H and O–H groups in total. The smallest absolute Gasteiger partial charge is 0.408 e. The first-order valence-electron chi connectivity index (χ1n) is 22.7. The van der Waals surface area contributed by atoms with E-state index >= 15 is 0 Å². The first-order chi connectivity index (χ1) is 29.5. The van der Waals surface area contributed by atoms with Crippen LogP contribution in [0.5, 0.6) is 11.6 Å². The summed E-state index contributed by atoms with van der Waals surface area (Å²) in [5.74, 6) is -1.16. The van der Waals surface area contributed by atoms with Crippen molar-refractivity contribution in [1.29, 1.82) is 0 Å². The number of rotatable bonds is 10. The molecule has 2 aromatic rings. The maximum absolute atomic E-state index is 14.9. The van der Waals surface area contributed by atoms with Crippen LogP contribution < -0.4 is 24.8 Å². The largest absolute Gasteiger partial charge is 0.491 e. The SMILES string of the molecule is C=C[C@@H]1C[C@]1(NC(=O)[C@@H]1C[C@@H]2CN1C(=O)[C@H](C(C)(C)C)NC(=O)O[C@@H]1C[C@H]1CCCCCc1c(nc3ccccc3c1OCCN1CCCCC1)O2)C(=O)NS(=O)(=O)C1(C)CC1. The van der Waals surface area contributed by atoms with Crippen molar-refractivity contribution < 1.29 is 41.8 Å². The summed E-state index contributed by atoms with van der Waals surface area (Å²) in [6.45, 7) is 14.3. The lowest BCUT2D eigenvalue weighted by Crippen LogP contribution is -2.60. The molecule has 3 saturated carbocycles. The Morgan fingerprint density at radius 3 is 2.50 bits per heavy atom. The van der Waals surface area contributed by atoms with Crippen LogP contribution in [0.15, 0.2) is 36.9 Å². The number of carbonyl (C=O) groups is 4. The Morgan fingerprint density at radius 1 is 1.05 bits per heavy atom. The van der Waals surface area contributed by atoms with Crippen LogP contribution in [0.3, 0.4) is 0 Å². The van der Waals surface area contributed by atoms with E-state index in [1.807, 2.05) is 45.0 Å². The molecule has 2 saturated heterocycles. The summed E-state index contributed by atoms with van der Waals surface area (Å²) in [6.07, 6.45) is 9.60. The van der Waals surface area contributed by atoms with Crippen molar-refractivity contribution >= 4 is 44.7 Å². The quantitative estimate of drug-likeness (QED) is 0.268. The van der Waals surface area contributed by atoms with E-state index in [0.29, 0.717) is 37.3 Å². The van der Waals surface area contributed by atoms with E-state index in [9.17, 15) is 27.6 Å². The molecule has 3 aliphatic heterocycles. The minimum absolute atomic E-state index is 0.0269. The second kappa shape index (κ2) is 17.3. The lowest BCUT2D eigenvalue weighted by molar-refractivity contribution is -0.142. The van der Waals surface area contributed by atoms with Crippen molar-refractivity contribution in [3.63, 3.8) is 0 Å². The van der Waals surface area contributed by atoms with Crippen LogP contribution >= 0.6 is 0 Å². The number of amides is 4. The number of nitrogens with zero attached hydrogens (tertiary/aromatic N) is 3. The molecular formula is C46H64N6O9S. The number of hydrogen-bond acceptors (Lipinski definition) is 11. The predicted molar refractivity (Wildman–Crippen MR) is 233 cm³/mol. The number of likely N-dealkylation sites (tertiary alicyclic amines) is 1. The van der Waals surface area contributed by atoms with Crippen LogP contribution in [0.2, 0.25) is 0 Å². The molecule has 4 amide bonds. The highest BCUT2D eigenvalue weighted by Crippen LogP contribution is 2.47. The van der Waals surface area contributed by atoms with Crippen LogP contribution in [0.1, 0.15) is 110 Å². The third-order valence-corrected chi connectivity index (χ3v) is 16.2. The van der Waals surface area contributed by atoms with E-state index in [4.69, 9.17) is 19.2 Å². The van der Waals surface area contributed by atoms with Crippen molar-refractivity contribution in [2.24, 2.45) is 17.3 Å². The minimum atomic E-state index is -4.01. The van der Waals surface area contributed by atoms with Gasteiger partial charge in [0, 0.05) is 24.3 Å². The van der Waals surface area contributed by atoms with E-state index < -0.39 is 73.6 Å². The highest BCUT2D eigenvalue weighted by Gasteiger charge is 2.63.